The van der Waals surface area contributed by atoms with Crippen LogP contribution in [0.15, 0.2) is 82.9 Å². The summed E-state index contributed by atoms with van der Waals surface area (Å²) in [6, 6.07) is 23.0. The number of anilines is 3. The van der Waals surface area contributed by atoms with Crippen molar-refractivity contribution in [2.45, 2.75) is 71.8 Å². The zero-order chi connectivity index (χ0) is 34.2. The van der Waals surface area contributed by atoms with Gasteiger partial charge in [-0.3, -0.25) is 9.69 Å². The van der Waals surface area contributed by atoms with Crippen LogP contribution in [-0.2, 0) is 20.8 Å². The second kappa shape index (κ2) is 16.3. The standard InChI is InChI=1S/C40H48N4O5/c1-5-6-21-47-29(3)49-37-14-9-31(10-15-37)32-11-16-38-34(24-32)25-33(17-20-44(38)39-26-41-28(2)48-39)40(45)42-35-12-7-30(8-13-35)27-43(4)36-18-22-46-23-19-36/h7-16,24-26,29,36H,5-6,17-23,27H2,1-4H3,(H,42,45). The van der Waals surface area contributed by atoms with Crippen molar-refractivity contribution in [3.63, 3.8) is 0 Å². The number of amides is 1. The SMILES string of the molecule is CCCCOC(C)Oc1ccc(-c2ccc3c(c2)C=C(C(=O)Nc2ccc(CN(C)C4CCOCC4)cc2)CCN3c2cnc(C)o2)cc1. The molecule has 1 N–H and O–H groups in total. The van der Waals surface area contributed by atoms with Gasteiger partial charge in [-0.1, -0.05) is 43.7 Å². The average Bonchev–Trinajstić information content (AvgIpc) is 3.45. The number of oxazole rings is 1. The second-order valence-electron chi connectivity index (χ2n) is 12.9. The lowest BCUT2D eigenvalue weighted by molar-refractivity contribution is -0.112. The Morgan fingerprint density at radius 2 is 1.82 bits per heavy atom. The molecule has 1 amide bonds. The van der Waals surface area contributed by atoms with E-state index in [1.165, 1.54) is 5.56 Å². The highest BCUT2D eigenvalue weighted by Gasteiger charge is 2.24. The Bertz CT molecular complexity index is 1710. The molecular formula is C40H48N4O5. The third-order valence-electron chi connectivity index (χ3n) is 9.22. The molecule has 0 spiro atoms. The molecule has 9 nitrogen and oxygen atoms in total. The molecule has 1 atom stereocenters. The summed E-state index contributed by atoms with van der Waals surface area (Å²) in [5.41, 5.74) is 6.65. The maximum absolute atomic E-state index is 13.7. The smallest absolute Gasteiger partial charge is 0.251 e. The number of fused-ring (bicyclic) bond motifs is 1. The Morgan fingerprint density at radius 1 is 1.06 bits per heavy atom. The lowest BCUT2D eigenvalue weighted by atomic mass is 10.00. The van der Waals surface area contributed by atoms with Crippen molar-refractivity contribution in [1.29, 1.82) is 0 Å². The highest BCUT2D eigenvalue weighted by Crippen LogP contribution is 2.37. The number of hydrogen-bond acceptors (Lipinski definition) is 8. The number of nitrogens with one attached hydrogen (secondary N) is 1. The van der Waals surface area contributed by atoms with E-state index in [1.807, 2.05) is 56.3 Å². The van der Waals surface area contributed by atoms with Crippen LogP contribution in [-0.4, -0.2) is 61.5 Å². The van der Waals surface area contributed by atoms with Crippen molar-refractivity contribution >= 4 is 29.2 Å². The first kappa shape index (κ1) is 34.4. The molecule has 1 unspecified atom stereocenters. The monoisotopic (exact) mass is 664 g/mol. The van der Waals surface area contributed by atoms with Gasteiger partial charge in [-0.25, -0.2) is 4.98 Å². The van der Waals surface area contributed by atoms with Crippen LogP contribution in [0.25, 0.3) is 17.2 Å². The normalized spacial score (nSPS) is 15.8. The summed E-state index contributed by atoms with van der Waals surface area (Å²) in [4.78, 5) is 22.6. The van der Waals surface area contributed by atoms with Crippen molar-refractivity contribution in [3.8, 4) is 16.9 Å². The first-order chi connectivity index (χ1) is 23.9. The number of aryl methyl sites for hydroxylation is 1. The maximum atomic E-state index is 13.7. The molecule has 0 aliphatic carbocycles. The summed E-state index contributed by atoms with van der Waals surface area (Å²) in [6.45, 7) is 9.67. The van der Waals surface area contributed by atoms with Crippen LogP contribution in [0.4, 0.5) is 17.3 Å². The molecule has 3 heterocycles. The Balaban J connectivity index is 1.19. The van der Waals surface area contributed by atoms with Gasteiger partial charge in [0.2, 0.25) is 5.88 Å². The highest BCUT2D eigenvalue weighted by molar-refractivity contribution is 6.07. The van der Waals surface area contributed by atoms with Crippen LogP contribution >= 0.6 is 0 Å². The van der Waals surface area contributed by atoms with E-state index >= 15 is 0 Å². The molecule has 2 aliphatic rings. The van der Waals surface area contributed by atoms with E-state index in [-0.39, 0.29) is 12.2 Å². The first-order valence-electron chi connectivity index (χ1n) is 17.5. The number of hydrogen-bond donors (Lipinski definition) is 1. The van der Waals surface area contributed by atoms with Crippen molar-refractivity contribution < 1.29 is 23.4 Å². The molecule has 6 rings (SSSR count). The van der Waals surface area contributed by atoms with Gasteiger partial charge in [0.15, 0.2) is 12.2 Å². The van der Waals surface area contributed by atoms with E-state index in [2.05, 4.69) is 64.4 Å². The molecule has 49 heavy (non-hydrogen) atoms. The topological polar surface area (TPSA) is 89.3 Å². The zero-order valence-electron chi connectivity index (χ0n) is 29.1. The summed E-state index contributed by atoms with van der Waals surface area (Å²) in [5.74, 6) is 1.89. The number of rotatable bonds is 13. The number of carbonyl (C=O) groups excluding carboxylic acids is 1. The third kappa shape index (κ3) is 8.97. The summed E-state index contributed by atoms with van der Waals surface area (Å²) < 4.78 is 23.2. The van der Waals surface area contributed by atoms with E-state index in [0.717, 1.165) is 79.3 Å². The van der Waals surface area contributed by atoms with Crippen LogP contribution in [0.3, 0.4) is 0 Å². The second-order valence-corrected chi connectivity index (χ2v) is 12.9. The van der Waals surface area contributed by atoms with Crippen LogP contribution < -0.4 is 15.0 Å². The minimum absolute atomic E-state index is 0.115. The number of aromatic nitrogens is 1. The molecule has 1 aromatic heterocycles. The quantitative estimate of drug-likeness (QED) is 0.113. The molecule has 0 saturated carbocycles. The fourth-order valence-electron chi connectivity index (χ4n) is 6.38. The molecule has 0 bridgehead atoms. The molecule has 3 aromatic carbocycles. The predicted molar refractivity (Wildman–Crippen MR) is 194 cm³/mol. The van der Waals surface area contributed by atoms with E-state index in [4.69, 9.17) is 18.6 Å². The first-order valence-corrected chi connectivity index (χ1v) is 17.5. The molecule has 4 aromatic rings. The lowest BCUT2D eigenvalue weighted by Gasteiger charge is -2.31. The maximum Gasteiger partial charge on any atom is 0.251 e. The highest BCUT2D eigenvalue weighted by atomic mass is 16.7. The van der Waals surface area contributed by atoms with Gasteiger partial charge >= 0.3 is 0 Å². The van der Waals surface area contributed by atoms with Crippen LogP contribution in [0.5, 0.6) is 5.75 Å². The van der Waals surface area contributed by atoms with Crippen LogP contribution in [0, 0.1) is 6.92 Å². The summed E-state index contributed by atoms with van der Waals surface area (Å²) >= 11 is 0. The summed E-state index contributed by atoms with van der Waals surface area (Å²) in [6.07, 6.45) is 8.19. The fourth-order valence-corrected chi connectivity index (χ4v) is 6.38. The summed E-state index contributed by atoms with van der Waals surface area (Å²) in [7, 11) is 2.17. The molecule has 1 saturated heterocycles. The average molecular weight is 665 g/mol. The van der Waals surface area contributed by atoms with Gasteiger partial charge < -0.3 is 28.8 Å². The predicted octanol–water partition coefficient (Wildman–Crippen LogP) is 8.37. The van der Waals surface area contributed by atoms with E-state index < -0.39 is 0 Å². The zero-order valence-corrected chi connectivity index (χ0v) is 29.1. The van der Waals surface area contributed by atoms with Gasteiger partial charge in [0.1, 0.15) is 5.75 Å². The minimum Gasteiger partial charge on any atom is -0.465 e. The van der Waals surface area contributed by atoms with Crippen molar-refractivity contribution in [2.24, 2.45) is 0 Å². The number of benzene rings is 3. The number of unbranched alkanes of at least 4 members (excludes halogenated alkanes) is 1. The Hall–Kier alpha value is -4.44. The van der Waals surface area contributed by atoms with Crippen molar-refractivity contribution in [2.75, 3.05) is 43.6 Å². The van der Waals surface area contributed by atoms with Gasteiger partial charge in [0, 0.05) is 50.5 Å². The van der Waals surface area contributed by atoms with Gasteiger partial charge in [-0.2, -0.15) is 0 Å². The van der Waals surface area contributed by atoms with Crippen molar-refractivity contribution in [3.05, 3.63) is 95.5 Å². The molecule has 1 fully saturated rings. The van der Waals surface area contributed by atoms with Crippen LogP contribution in [0.1, 0.15) is 63.0 Å². The number of ether oxygens (including phenoxy) is 3. The number of nitrogens with zero attached hydrogens (tertiary/aromatic N) is 3. The van der Waals surface area contributed by atoms with Gasteiger partial charge in [0.05, 0.1) is 18.5 Å². The van der Waals surface area contributed by atoms with Crippen molar-refractivity contribution in [1.82, 2.24) is 9.88 Å². The third-order valence-corrected chi connectivity index (χ3v) is 9.22. The molecule has 2 aliphatic heterocycles. The molecule has 9 heteroatoms. The van der Waals surface area contributed by atoms with E-state index in [1.54, 1.807) is 6.20 Å². The van der Waals surface area contributed by atoms with Gasteiger partial charge in [-0.05, 0) is 104 Å². The van der Waals surface area contributed by atoms with E-state index in [0.29, 0.717) is 43.0 Å². The minimum atomic E-state index is -0.313. The Labute approximate surface area is 289 Å². The fraction of sp³-hybridized carbons (Fsp3) is 0.400. The van der Waals surface area contributed by atoms with Gasteiger partial charge in [0.25, 0.3) is 5.91 Å². The molecule has 258 valence electrons. The lowest BCUT2D eigenvalue weighted by Crippen LogP contribution is -2.36. The van der Waals surface area contributed by atoms with Gasteiger partial charge in [-0.15, -0.1) is 0 Å². The molecular weight excluding hydrogens is 616 g/mol. The molecule has 0 radical (unpaired) electrons. The Kier molecular flexibility index (Phi) is 11.5. The van der Waals surface area contributed by atoms with E-state index in [9.17, 15) is 4.79 Å². The number of carbonyl (C=O) groups is 1. The largest absolute Gasteiger partial charge is 0.465 e. The Morgan fingerprint density at radius 3 is 2.53 bits per heavy atom. The van der Waals surface area contributed by atoms with Crippen LogP contribution in [0.2, 0.25) is 0 Å². The summed E-state index contributed by atoms with van der Waals surface area (Å²) in [5, 5.41) is 3.14.